The number of oxazole rings is 1. The molecular formula is C17H14FNO3. The molecule has 1 heterocycles. The third-order valence-electron chi connectivity index (χ3n) is 3.14. The minimum Gasteiger partial charge on any atom is -0.487 e. The molecule has 0 saturated heterocycles. The Kier molecular flexibility index (Phi) is 4.16. The maximum atomic E-state index is 13.2. The zero-order valence-electron chi connectivity index (χ0n) is 11.7. The van der Waals surface area contributed by atoms with E-state index >= 15 is 0 Å². The van der Waals surface area contributed by atoms with Crippen LogP contribution in [0.3, 0.4) is 0 Å². The fraction of sp³-hybridized carbons (Fsp3) is 0.118. The fourth-order valence-corrected chi connectivity index (χ4v) is 2.05. The molecule has 22 heavy (non-hydrogen) atoms. The van der Waals surface area contributed by atoms with Crippen LogP contribution in [0.5, 0.6) is 5.75 Å². The normalized spacial score (nSPS) is 10.6. The molecule has 0 amide bonds. The van der Waals surface area contributed by atoms with E-state index in [1.165, 1.54) is 18.4 Å². The van der Waals surface area contributed by atoms with Gasteiger partial charge < -0.3 is 14.3 Å². The van der Waals surface area contributed by atoms with Crippen molar-refractivity contribution < 1.29 is 18.7 Å². The van der Waals surface area contributed by atoms with E-state index < -0.39 is 0 Å². The molecule has 0 atom stereocenters. The molecule has 0 radical (unpaired) electrons. The number of rotatable bonds is 5. The molecule has 0 aliphatic rings. The summed E-state index contributed by atoms with van der Waals surface area (Å²) in [7, 11) is 0. The van der Waals surface area contributed by atoms with Crippen LogP contribution in [-0.4, -0.2) is 10.1 Å². The van der Waals surface area contributed by atoms with Crippen molar-refractivity contribution >= 4 is 0 Å². The van der Waals surface area contributed by atoms with Gasteiger partial charge in [0.2, 0.25) is 5.89 Å². The Labute approximate surface area is 126 Å². The minimum absolute atomic E-state index is 0.0937. The molecule has 3 aromatic rings. The second-order valence-electron chi connectivity index (χ2n) is 4.71. The zero-order chi connectivity index (χ0) is 15.4. The van der Waals surface area contributed by atoms with Crippen LogP contribution in [0.25, 0.3) is 11.5 Å². The summed E-state index contributed by atoms with van der Waals surface area (Å²) in [6, 6.07) is 13.3. The molecule has 0 spiro atoms. The second kappa shape index (κ2) is 6.41. The molecule has 1 N–H and O–H groups in total. The predicted molar refractivity (Wildman–Crippen MR) is 78.6 cm³/mol. The van der Waals surface area contributed by atoms with E-state index in [2.05, 4.69) is 4.98 Å². The minimum atomic E-state index is -0.342. The summed E-state index contributed by atoms with van der Waals surface area (Å²) in [5.41, 5.74) is 1.87. The van der Waals surface area contributed by atoms with Gasteiger partial charge in [0.05, 0.1) is 6.61 Å². The van der Waals surface area contributed by atoms with Gasteiger partial charge in [-0.1, -0.05) is 24.3 Å². The van der Waals surface area contributed by atoms with E-state index in [4.69, 9.17) is 9.15 Å². The average Bonchev–Trinajstić information content (AvgIpc) is 3.02. The number of benzene rings is 2. The molecule has 0 bridgehead atoms. The first-order valence-electron chi connectivity index (χ1n) is 6.78. The smallest absolute Gasteiger partial charge is 0.226 e. The largest absolute Gasteiger partial charge is 0.487 e. The Morgan fingerprint density at radius 3 is 2.82 bits per heavy atom. The van der Waals surface area contributed by atoms with Crippen molar-refractivity contribution in [3.63, 3.8) is 0 Å². The summed E-state index contributed by atoms with van der Waals surface area (Å²) < 4.78 is 24.2. The van der Waals surface area contributed by atoms with Crippen LogP contribution in [0.1, 0.15) is 11.3 Å². The number of halogens is 1. The van der Waals surface area contributed by atoms with Crippen LogP contribution in [0, 0.1) is 5.82 Å². The number of hydrogen-bond acceptors (Lipinski definition) is 4. The lowest BCUT2D eigenvalue weighted by atomic mass is 10.2. The lowest BCUT2D eigenvalue weighted by molar-refractivity contribution is 0.257. The van der Waals surface area contributed by atoms with Crippen molar-refractivity contribution in [2.24, 2.45) is 0 Å². The van der Waals surface area contributed by atoms with E-state index in [1.807, 2.05) is 12.1 Å². The van der Waals surface area contributed by atoms with Crippen LogP contribution in [0.2, 0.25) is 0 Å². The Morgan fingerprint density at radius 2 is 2.00 bits per heavy atom. The van der Waals surface area contributed by atoms with Gasteiger partial charge in [-0.2, -0.15) is 0 Å². The van der Waals surface area contributed by atoms with Gasteiger partial charge in [-0.25, -0.2) is 9.37 Å². The predicted octanol–water partition coefficient (Wildman–Crippen LogP) is 3.55. The van der Waals surface area contributed by atoms with Gasteiger partial charge in [-0.15, -0.1) is 0 Å². The molecule has 1 aromatic heterocycles. The van der Waals surface area contributed by atoms with Gasteiger partial charge in [-0.05, 0) is 24.3 Å². The van der Waals surface area contributed by atoms with E-state index in [-0.39, 0.29) is 19.0 Å². The quantitative estimate of drug-likeness (QED) is 0.782. The van der Waals surface area contributed by atoms with E-state index in [0.717, 1.165) is 0 Å². The molecule has 0 saturated carbocycles. The first-order valence-corrected chi connectivity index (χ1v) is 6.78. The molecular weight excluding hydrogens is 285 g/mol. The highest BCUT2D eigenvalue weighted by Gasteiger charge is 2.09. The summed E-state index contributed by atoms with van der Waals surface area (Å²) >= 11 is 0. The molecule has 4 nitrogen and oxygen atoms in total. The molecule has 5 heteroatoms. The van der Waals surface area contributed by atoms with Crippen LogP contribution < -0.4 is 4.74 Å². The molecule has 3 rings (SSSR count). The number of hydrogen-bond donors (Lipinski definition) is 1. The number of aliphatic hydroxyl groups excluding tert-OH is 1. The zero-order valence-corrected chi connectivity index (χ0v) is 11.7. The number of para-hydroxylation sites is 1. The first kappa shape index (κ1) is 14.3. The first-order chi connectivity index (χ1) is 10.8. The maximum absolute atomic E-state index is 13.2. The third-order valence-corrected chi connectivity index (χ3v) is 3.14. The third kappa shape index (κ3) is 3.15. The fourth-order valence-electron chi connectivity index (χ4n) is 2.05. The van der Waals surface area contributed by atoms with Crippen LogP contribution in [0.4, 0.5) is 4.39 Å². The van der Waals surface area contributed by atoms with Crippen LogP contribution in [0.15, 0.2) is 59.2 Å². The topological polar surface area (TPSA) is 55.5 Å². The number of ether oxygens (including phenoxy) is 1. The summed E-state index contributed by atoms with van der Waals surface area (Å²) in [5, 5.41) is 9.24. The highest BCUT2D eigenvalue weighted by molar-refractivity contribution is 5.52. The number of nitrogens with zero attached hydrogens (tertiary/aromatic N) is 1. The van der Waals surface area contributed by atoms with Gasteiger partial charge in [0.15, 0.2) is 0 Å². The molecule has 2 aromatic carbocycles. The Morgan fingerprint density at radius 1 is 1.14 bits per heavy atom. The van der Waals surface area contributed by atoms with E-state index in [0.29, 0.717) is 28.5 Å². The van der Waals surface area contributed by atoms with Crippen LogP contribution in [-0.2, 0) is 13.2 Å². The maximum Gasteiger partial charge on any atom is 0.226 e. The summed E-state index contributed by atoms with van der Waals surface area (Å²) in [4.78, 5) is 4.27. The second-order valence-corrected chi connectivity index (χ2v) is 4.71. The van der Waals surface area contributed by atoms with Crippen molar-refractivity contribution in [2.75, 3.05) is 0 Å². The van der Waals surface area contributed by atoms with Crippen molar-refractivity contribution in [3.05, 3.63) is 71.9 Å². The highest BCUT2D eigenvalue weighted by Crippen LogP contribution is 2.22. The molecule has 112 valence electrons. The van der Waals surface area contributed by atoms with Crippen molar-refractivity contribution in [1.82, 2.24) is 4.98 Å². The van der Waals surface area contributed by atoms with E-state index in [1.54, 1.807) is 24.3 Å². The lowest BCUT2D eigenvalue weighted by Crippen LogP contribution is -1.99. The SMILES string of the molecule is OCc1ccccc1OCc1coc(-c2cccc(F)c2)n1. The van der Waals surface area contributed by atoms with Gasteiger partial charge in [-0.3, -0.25) is 0 Å². The van der Waals surface area contributed by atoms with Crippen molar-refractivity contribution in [2.45, 2.75) is 13.2 Å². The Hall–Kier alpha value is -2.66. The molecule has 0 aliphatic carbocycles. The van der Waals surface area contributed by atoms with Crippen molar-refractivity contribution in [1.29, 1.82) is 0 Å². The summed E-state index contributed by atoms with van der Waals surface area (Å²) in [5.74, 6) is 0.597. The molecule has 0 aliphatic heterocycles. The van der Waals surface area contributed by atoms with Crippen LogP contribution >= 0.6 is 0 Å². The van der Waals surface area contributed by atoms with Gasteiger partial charge in [0.1, 0.15) is 30.1 Å². The lowest BCUT2D eigenvalue weighted by Gasteiger charge is -2.07. The average molecular weight is 299 g/mol. The van der Waals surface area contributed by atoms with Gasteiger partial charge in [0, 0.05) is 11.1 Å². The Balaban J connectivity index is 1.72. The number of aliphatic hydroxyl groups is 1. The number of aromatic nitrogens is 1. The Bertz CT molecular complexity index is 770. The summed E-state index contributed by atoms with van der Waals surface area (Å²) in [6.07, 6.45) is 1.47. The van der Waals surface area contributed by atoms with Gasteiger partial charge >= 0.3 is 0 Å². The summed E-state index contributed by atoms with van der Waals surface area (Å²) in [6.45, 7) is 0.110. The van der Waals surface area contributed by atoms with Crippen molar-refractivity contribution in [3.8, 4) is 17.2 Å². The monoisotopic (exact) mass is 299 g/mol. The van der Waals surface area contributed by atoms with Gasteiger partial charge in [0.25, 0.3) is 0 Å². The highest BCUT2D eigenvalue weighted by atomic mass is 19.1. The molecule has 0 unspecified atom stereocenters. The van der Waals surface area contributed by atoms with E-state index in [9.17, 15) is 9.50 Å². The standard InChI is InChI=1S/C17H14FNO3/c18-14-6-3-5-12(8-14)17-19-15(11-22-17)10-21-16-7-2-1-4-13(16)9-20/h1-8,11,20H,9-10H2. The molecule has 0 fully saturated rings.